The highest BCUT2D eigenvalue weighted by Gasteiger charge is 2.17. The van der Waals surface area contributed by atoms with E-state index in [1.165, 1.54) is 0 Å². The van der Waals surface area contributed by atoms with Gasteiger partial charge < -0.3 is 5.11 Å². The van der Waals surface area contributed by atoms with Crippen LogP contribution in [0.15, 0.2) is 4.60 Å². The first-order valence-corrected chi connectivity index (χ1v) is 6.42. The molecule has 0 aromatic carbocycles. The van der Waals surface area contributed by atoms with Crippen molar-refractivity contribution in [2.45, 2.75) is 19.4 Å². The van der Waals surface area contributed by atoms with Crippen LogP contribution in [0, 0.1) is 0 Å². The van der Waals surface area contributed by atoms with Crippen molar-refractivity contribution in [2.75, 3.05) is 11.5 Å². The van der Waals surface area contributed by atoms with Crippen molar-refractivity contribution in [1.29, 1.82) is 0 Å². The fourth-order valence-corrected chi connectivity index (χ4v) is 2.54. The van der Waals surface area contributed by atoms with Crippen LogP contribution in [-0.2, 0) is 7.05 Å². The Morgan fingerprint density at radius 2 is 2.36 bits per heavy atom. The van der Waals surface area contributed by atoms with Crippen LogP contribution in [0.5, 0.6) is 0 Å². The van der Waals surface area contributed by atoms with Gasteiger partial charge in [0, 0.05) is 12.8 Å². The monoisotopic (exact) mass is 279 g/mol. The lowest BCUT2D eigenvalue weighted by Crippen LogP contribution is -2.08. The molecule has 6 heteroatoms. The fourth-order valence-electron chi connectivity index (χ4n) is 1.11. The predicted molar refractivity (Wildman–Crippen MR) is 61.3 cm³/mol. The van der Waals surface area contributed by atoms with Gasteiger partial charge in [0.25, 0.3) is 0 Å². The average molecular weight is 280 g/mol. The molecule has 1 heterocycles. The lowest BCUT2D eigenvalue weighted by atomic mass is 10.3. The molecule has 0 aliphatic carbocycles. The van der Waals surface area contributed by atoms with Gasteiger partial charge in [-0.3, -0.25) is 0 Å². The molecule has 14 heavy (non-hydrogen) atoms. The van der Waals surface area contributed by atoms with Gasteiger partial charge in [-0.2, -0.15) is 11.8 Å². The Bertz CT molecular complexity index is 273. The van der Waals surface area contributed by atoms with Crippen LogP contribution in [0.3, 0.4) is 0 Å². The Balaban J connectivity index is 2.55. The maximum atomic E-state index is 9.85. The predicted octanol–water partition coefficient (Wildman–Crippen LogP) is 1.75. The summed E-state index contributed by atoms with van der Waals surface area (Å²) >= 11 is 5.00. The Morgan fingerprint density at radius 3 is 2.86 bits per heavy atom. The van der Waals surface area contributed by atoms with E-state index in [2.05, 4.69) is 33.2 Å². The van der Waals surface area contributed by atoms with Crippen molar-refractivity contribution in [2.24, 2.45) is 7.05 Å². The van der Waals surface area contributed by atoms with Crippen LogP contribution in [0.25, 0.3) is 0 Å². The third kappa shape index (κ3) is 2.96. The molecule has 0 bridgehead atoms. The molecule has 1 N–H and O–H groups in total. The average Bonchev–Trinajstić information content (AvgIpc) is 2.46. The maximum absolute atomic E-state index is 9.85. The van der Waals surface area contributed by atoms with Gasteiger partial charge in [0.05, 0.1) is 0 Å². The quantitative estimate of drug-likeness (QED) is 0.835. The Hall–Kier alpha value is -0.0700. The van der Waals surface area contributed by atoms with E-state index < -0.39 is 6.10 Å². The van der Waals surface area contributed by atoms with Gasteiger partial charge >= 0.3 is 0 Å². The molecule has 0 saturated heterocycles. The Labute approximate surface area is 96.2 Å². The first kappa shape index (κ1) is 12.0. The molecule has 0 aliphatic heterocycles. The number of halogens is 1. The van der Waals surface area contributed by atoms with E-state index in [1.807, 2.05) is 0 Å². The van der Waals surface area contributed by atoms with E-state index in [1.54, 1.807) is 23.5 Å². The summed E-state index contributed by atoms with van der Waals surface area (Å²) in [5.41, 5.74) is 0.744. The van der Waals surface area contributed by atoms with E-state index >= 15 is 0 Å². The second-order valence-corrected chi connectivity index (χ2v) is 4.88. The maximum Gasteiger partial charge on any atom is 0.154 e. The van der Waals surface area contributed by atoms with Crippen molar-refractivity contribution < 1.29 is 5.11 Å². The molecule has 0 saturated carbocycles. The summed E-state index contributed by atoms with van der Waals surface area (Å²) in [6.07, 6.45) is 0.628. The molecule has 1 aromatic rings. The zero-order chi connectivity index (χ0) is 10.6. The Morgan fingerprint density at radius 1 is 1.64 bits per heavy atom. The molecule has 0 spiro atoms. The summed E-state index contributed by atoms with van der Waals surface area (Å²) in [6, 6.07) is 0. The minimum absolute atomic E-state index is 0.499. The second-order valence-electron chi connectivity index (χ2n) is 2.98. The molecule has 1 aromatic heterocycles. The number of hydrogen-bond acceptors (Lipinski definition) is 4. The molecular formula is C8H14BrN3OS. The van der Waals surface area contributed by atoms with E-state index in [-0.39, 0.29) is 0 Å². The standard InChI is InChI=1S/C8H14BrN3OS/c1-3-4-14-5-6(13)7-8(9)10-11-12(7)2/h6,13H,3-5H2,1-2H3. The van der Waals surface area contributed by atoms with Gasteiger partial charge in [-0.25, -0.2) is 4.68 Å². The first-order chi connectivity index (χ1) is 6.66. The van der Waals surface area contributed by atoms with E-state index in [0.717, 1.165) is 17.9 Å². The number of aliphatic hydroxyl groups excluding tert-OH is 1. The zero-order valence-electron chi connectivity index (χ0n) is 8.27. The van der Waals surface area contributed by atoms with E-state index in [0.29, 0.717) is 10.4 Å². The number of aryl methyl sites for hydroxylation is 1. The number of thioether (sulfide) groups is 1. The summed E-state index contributed by atoms with van der Waals surface area (Å²) in [6.45, 7) is 2.13. The van der Waals surface area contributed by atoms with Crippen molar-refractivity contribution in [3.63, 3.8) is 0 Å². The molecule has 0 fully saturated rings. The zero-order valence-corrected chi connectivity index (χ0v) is 10.7. The van der Waals surface area contributed by atoms with Crippen molar-refractivity contribution in [1.82, 2.24) is 15.0 Å². The number of aromatic nitrogens is 3. The summed E-state index contributed by atoms with van der Waals surface area (Å²) in [4.78, 5) is 0. The number of rotatable bonds is 5. The lowest BCUT2D eigenvalue weighted by molar-refractivity contribution is 0.193. The highest BCUT2D eigenvalue weighted by molar-refractivity contribution is 9.10. The largest absolute Gasteiger partial charge is 0.386 e. The number of hydrogen-bond donors (Lipinski definition) is 1. The summed E-state index contributed by atoms with van der Waals surface area (Å²) in [5, 5.41) is 17.5. The molecule has 1 rings (SSSR count). The molecule has 0 aliphatic rings. The summed E-state index contributed by atoms with van der Waals surface area (Å²) in [5.74, 6) is 1.76. The van der Waals surface area contributed by atoms with Crippen molar-refractivity contribution in [3.8, 4) is 0 Å². The van der Waals surface area contributed by atoms with Gasteiger partial charge in [-0.1, -0.05) is 12.1 Å². The second kappa shape index (κ2) is 5.72. The molecule has 0 amide bonds. The minimum Gasteiger partial charge on any atom is -0.386 e. The third-order valence-corrected chi connectivity index (χ3v) is 3.58. The summed E-state index contributed by atoms with van der Waals surface area (Å²) < 4.78 is 2.23. The van der Waals surface area contributed by atoms with E-state index in [9.17, 15) is 5.11 Å². The normalized spacial score (nSPS) is 13.1. The van der Waals surface area contributed by atoms with Crippen molar-refractivity contribution >= 4 is 27.7 Å². The summed E-state index contributed by atoms with van der Waals surface area (Å²) in [7, 11) is 1.78. The third-order valence-electron chi connectivity index (χ3n) is 1.77. The van der Waals surface area contributed by atoms with Crippen LogP contribution in [0.4, 0.5) is 0 Å². The number of nitrogens with zero attached hydrogens (tertiary/aromatic N) is 3. The fraction of sp³-hybridized carbons (Fsp3) is 0.750. The van der Waals surface area contributed by atoms with Crippen molar-refractivity contribution in [3.05, 3.63) is 10.3 Å². The van der Waals surface area contributed by atoms with Gasteiger partial charge in [-0.05, 0) is 28.1 Å². The molecule has 1 unspecified atom stereocenters. The number of aliphatic hydroxyl groups is 1. The van der Waals surface area contributed by atoms with Crippen LogP contribution in [0.2, 0.25) is 0 Å². The van der Waals surface area contributed by atoms with Gasteiger partial charge in [0.2, 0.25) is 0 Å². The van der Waals surface area contributed by atoms with Crippen LogP contribution in [0.1, 0.15) is 25.1 Å². The van der Waals surface area contributed by atoms with E-state index in [4.69, 9.17) is 0 Å². The highest BCUT2D eigenvalue weighted by Crippen LogP contribution is 2.23. The topological polar surface area (TPSA) is 50.9 Å². The Kier molecular flexibility index (Phi) is 4.91. The molecule has 80 valence electrons. The lowest BCUT2D eigenvalue weighted by Gasteiger charge is -2.09. The molecule has 4 nitrogen and oxygen atoms in total. The molecule has 1 atom stereocenters. The SMILES string of the molecule is CCCSCC(O)c1c(Br)nnn1C. The van der Waals surface area contributed by atoms with Crippen LogP contribution < -0.4 is 0 Å². The molecule has 0 radical (unpaired) electrons. The van der Waals surface area contributed by atoms with Gasteiger partial charge in [0.1, 0.15) is 11.8 Å². The van der Waals surface area contributed by atoms with Crippen LogP contribution >= 0.6 is 27.7 Å². The van der Waals surface area contributed by atoms with Gasteiger partial charge in [-0.15, -0.1) is 5.10 Å². The first-order valence-electron chi connectivity index (χ1n) is 4.47. The minimum atomic E-state index is -0.499. The smallest absolute Gasteiger partial charge is 0.154 e. The molecular weight excluding hydrogens is 266 g/mol. The highest BCUT2D eigenvalue weighted by atomic mass is 79.9. The van der Waals surface area contributed by atoms with Gasteiger partial charge in [0.15, 0.2) is 4.60 Å². The van der Waals surface area contributed by atoms with Crippen LogP contribution in [-0.4, -0.2) is 31.6 Å².